The van der Waals surface area contributed by atoms with Crippen LogP contribution in [0.4, 0.5) is 0 Å². The second kappa shape index (κ2) is 7.46. The summed E-state index contributed by atoms with van der Waals surface area (Å²) in [5.41, 5.74) is 3.22. The normalized spacial score (nSPS) is 11.8. The van der Waals surface area contributed by atoms with Crippen LogP contribution in [0.25, 0.3) is 0 Å². The molecule has 0 amide bonds. The van der Waals surface area contributed by atoms with Crippen LogP contribution in [0.2, 0.25) is 0 Å². The lowest BCUT2D eigenvalue weighted by Gasteiger charge is -2.15. The minimum atomic E-state index is -0.0490. The molecule has 0 bridgehead atoms. The predicted octanol–water partition coefficient (Wildman–Crippen LogP) is 3.30. The van der Waals surface area contributed by atoms with E-state index in [1.165, 1.54) is 11.1 Å². The molecule has 1 aromatic carbocycles. The first-order valence-electron chi connectivity index (χ1n) is 5.95. The number of Topliss-reactive ketones (excluding diaryl/α,β-unsaturated/α-hetero) is 1. The Balaban J connectivity index is 0.00000256. The van der Waals surface area contributed by atoms with Crippen LogP contribution in [0.1, 0.15) is 41.8 Å². The molecule has 1 N–H and O–H groups in total. The summed E-state index contributed by atoms with van der Waals surface area (Å²) in [7, 11) is 0. The van der Waals surface area contributed by atoms with E-state index >= 15 is 0 Å². The summed E-state index contributed by atoms with van der Waals surface area (Å²) in [5, 5.41) is 3.22. The largest absolute Gasteiger partial charge is 0.307 e. The molecule has 0 spiro atoms. The van der Waals surface area contributed by atoms with Gasteiger partial charge in [0, 0.05) is 5.56 Å². The van der Waals surface area contributed by atoms with Crippen LogP contribution in [0.15, 0.2) is 18.2 Å². The van der Waals surface area contributed by atoms with Gasteiger partial charge < -0.3 is 5.32 Å². The van der Waals surface area contributed by atoms with E-state index in [0.717, 1.165) is 18.5 Å². The minimum absolute atomic E-state index is 0. The first kappa shape index (κ1) is 16.1. The van der Waals surface area contributed by atoms with E-state index in [-0.39, 0.29) is 24.2 Å². The smallest absolute Gasteiger partial charge is 0.179 e. The zero-order valence-electron chi connectivity index (χ0n) is 11.0. The maximum Gasteiger partial charge on any atom is 0.179 e. The Morgan fingerprint density at radius 1 is 1.24 bits per heavy atom. The summed E-state index contributed by atoms with van der Waals surface area (Å²) in [5.74, 6) is 0.201. The molecule has 0 aliphatic heterocycles. The fourth-order valence-electron chi connectivity index (χ4n) is 1.76. The number of nitrogens with one attached hydrogen (secondary N) is 1. The molecule has 0 aliphatic rings. The number of likely N-dealkylation sites (N-methyl/N-ethyl adjacent to an activating group) is 1. The van der Waals surface area contributed by atoms with Crippen molar-refractivity contribution in [3.63, 3.8) is 0 Å². The first-order valence-corrected chi connectivity index (χ1v) is 5.95. The standard InChI is InChI=1S/C14H21NO.ClH/c1-5-13(15-6-2)14(16)12-8-7-10(3)11(4)9-12;/h7-9,13,15H,5-6H2,1-4H3;1H. The van der Waals surface area contributed by atoms with Crippen LogP contribution in [0.5, 0.6) is 0 Å². The summed E-state index contributed by atoms with van der Waals surface area (Å²) < 4.78 is 0. The molecule has 1 unspecified atom stereocenters. The average molecular weight is 256 g/mol. The van der Waals surface area contributed by atoms with Crippen molar-refractivity contribution in [2.45, 2.75) is 40.2 Å². The van der Waals surface area contributed by atoms with Gasteiger partial charge in [0.25, 0.3) is 0 Å². The number of hydrogen-bond donors (Lipinski definition) is 1. The van der Waals surface area contributed by atoms with Gasteiger partial charge in [-0.15, -0.1) is 12.4 Å². The lowest BCUT2D eigenvalue weighted by Crippen LogP contribution is -2.36. The van der Waals surface area contributed by atoms with Crippen LogP contribution in [-0.4, -0.2) is 18.4 Å². The van der Waals surface area contributed by atoms with Crippen LogP contribution < -0.4 is 5.32 Å². The van der Waals surface area contributed by atoms with Crippen molar-refractivity contribution >= 4 is 18.2 Å². The van der Waals surface area contributed by atoms with Crippen molar-refractivity contribution in [2.24, 2.45) is 0 Å². The molecule has 0 fully saturated rings. The molecular formula is C14H22ClNO. The fraction of sp³-hybridized carbons (Fsp3) is 0.500. The Morgan fingerprint density at radius 2 is 1.88 bits per heavy atom. The Hall–Kier alpha value is -0.860. The molecule has 3 heteroatoms. The van der Waals surface area contributed by atoms with Crippen molar-refractivity contribution in [1.82, 2.24) is 5.32 Å². The summed E-state index contributed by atoms with van der Waals surface area (Å²) in [6.45, 7) is 8.99. The van der Waals surface area contributed by atoms with Crippen LogP contribution in [-0.2, 0) is 0 Å². The molecule has 1 rings (SSSR count). The number of benzene rings is 1. The maximum atomic E-state index is 12.2. The quantitative estimate of drug-likeness (QED) is 0.818. The number of carbonyl (C=O) groups is 1. The number of aryl methyl sites for hydroxylation is 2. The monoisotopic (exact) mass is 255 g/mol. The highest BCUT2D eigenvalue weighted by molar-refractivity contribution is 6.00. The highest BCUT2D eigenvalue weighted by Crippen LogP contribution is 2.12. The number of carbonyl (C=O) groups excluding carboxylic acids is 1. The van der Waals surface area contributed by atoms with Gasteiger partial charge in [0.05, 0.1) is 6.04 Å². The minimum Gasteiger partial charge on any atom is -0.307 e. The van der Waals surface area contributed by atoms with Gasteiger partial charge in [0.1, 0.15) is 0 Å². The summed E-state index contributed by atoms with van der Waals surface area (Å²) >= 11 is 0. The fourth-order valence-corrected chi connectivity index (χ4v) is 1.76. The topological polar surface area (TPSA) is 29.1 Å². The van der Waals surface area contributed by atoms with Gasteiger partial charge in [-0.05, 0) is 44.0 Å². The number of halogens is 1. The van der Waals surface area contributed by atoms with E-state index in [2.05, 4.69) is 12.2 Å². The molecule has 1 atom stereocenters. The van der Waals surface area contributed by atoms with Crippen molar-refractivity contribution < 1.29 is 4.79 Å². The lowest BCUT2D eigenvalue weighted by atomic mass is 9.98. The Bertz CT molecular complexity index is 376. The number of rotatable bonds is 5. The third-order valence-electron chi connectivity index (χ3n) is 2.97. The van der Waals surface area contributed by atoms with E-state index < -0.39 is 0 Å². The van der Waals surface area contributed by atoms with Crippen molar-refractivity contribution in [3.05, 3.63) is 34.9 Å². The van der Waals surface area contributed by atoms with Crippen molar-refractivity contribution in [2.75, 3.05) is 6.54 Å². The second-order valence-corrected chi connectivity index (χ2v) is 4.18. The molecule has 1 aromatic rings. The molecular weight excluding hydrogens is 234 g/mol. The SMILES string of the molecule is CCNC(CC)C(=O)c1ccc(C)c(C)c1.Cl. The molecule has 17 heavy (non-hydrogen) atoms. The molecule has 2 nitrogen and oxygen atoms in total. The molecule has 96 valence electrons. The third-order valence-corrected chi connectivity index (χ3v) is 2.97. The zero-order chi connectivity index (χ0) is 12.1. The lowest BCUT2D eigenvalue weighted by molar-refractivity contribution is 0.0941. The molecule has 0 heterocycles. The van der Waals surface area contributed by atoms with Crippen LogP contribution >= 0.6 is 12.4 Å². The average Bonchev–Trinajstić information content (AvgIpc) is 2.28. The van der Waals surface area contributed by atoms with Crippen molar-refractivity contribution in [1.29, 1.82) is 0 Å². The third kappa shape index (κ3) is 4.14. The zero-order valence-corrected chi connectivity index (χ0v) is 11.9. The molecule has 0 saturated carbocycles. The van der Waals surface area contributed by atoms with Gasteiger partial charge in [-0.25, -0.2) is 0 Å². The molecule has 0 aliphatic carbocycles. The Kier molecular flexibility index (Phi) is 7.09. The van der Waals surface area contributed by atoms with Gasteiger partial charge >= 0.3 is 0 Å². The molecule has 0 saturated heterocycles. The van der Waals surface area contributed by atoms with Gasteiger partial charge in [-0.3, -0.25) is 4.79 Å². The first-order chi connectivity index (χ1) is 7.60. The van der Waals surface area contributed by atoms with Crippen molar-refractivity contribution in [3.8, 4) is 0 Å². The van der Waals surface area contributed by atoms with Crippen LogP contribution in [0.3, 0.4) is 0 Å². The molecule has 0 aromatic heterocycles. The van der Waals surface area contributed by atoms with Gasteiger partial charge in [0.2, 0.25) is 0 Å². The van der Waals surface area contributed by atoms with Gasteiger partial charge in [0.15, 0.2) is 5.78 Å². The second-order valence-electron chi connectivity index (χ2n) is 4.18. The van der Waals surface area contributed by atoms with Crippen LogP contribution in [0, 0.1) is 13.8 Å². The van der Waals surface area contributed by atoms with E-state index in [9.17, 15) is 4.79 Å². The van der Waals surface area contributed by atoms with E-state index in [1.54, 1.807) is 0 Å². The number of ketones is 1. The molecule has 0 radical (unpaired) electrons. The Morgan fingerprint density at radius 3 is 2.35 bits per heavy atom. The summed E-state index contributed by atoms with van der Waals surface area (Å²) in [6.07, 6.45) is 0.833. The maximum absolute atomic E-state index is 12.2. The highest BCUT2D eigenvalue weighted by atomic mass is 35.5. The highest BCUT2D eigenvalue weighted by Gasteiger charge is 2.16. The number of hydrogen-bond acceptors (Lipinski definition) is 2. The summed E-state index contributed by atoms with van der Waals surface area (Å²) in [4.78, 5) is 12.2. The van der Waals surface area contributed by atoms with Gasteiger partial charge in [-0.1, -0.05) is 26.0 Å². The van der Waals surface area contributed by atoms with E-state index in [0.29, 0.717) is 0 Å². The Labute approximate surface area is 110 Å². The van der Waals surface area contributed by atoms with E-state index in [1.807, 2.05) is 39.0 Å². The predicted molar refractivity (Wildman–Crippen MR) is 75.3 cm³/mol. The summed E-state index contributed by atoms with van der Waals surface area (Å²) in [6, 6.07) is 5.87. The van der Waals surface area contributed by atoms with Gasteiger partial charge in [-0.2, -0.15) is 0 Å². The van der Waals surface area contributed by atoms with E-state index in [4.69, 9.17) is 0 Å².